The molecule has 0 saturated carbocycles. The lowest BCUT2D eigenvalue weighted by Gasteiger charge is -2.07. The van der Waals surface area contributed by atoms with Crippen LogP contribution in [0.25, 0.3) is 0 Å². The zero-order chi connectivity index (χ0) is 12.1. The van der Waals surface area contributed by atoms with Gasteiger partial charge < -0.3 is 9.88 Å². The molecule has 1 aromatic carbocycles. The predicted octanol–water partition coefficient (Wildman–Crippen LogP) is 2.63. The molecule has 0 aliphatic carbocycles. The first-order chi connectivity index (χ1) is 8.29. The number of benzene rings is 1. The van der Waals surface area contributed by atoms with Gasteiger partial charge in [-0.3, -0.25) is 0 Å². The molecule has 1 heterocycles. The van der Waals surface area contributed by atoms with E-state index in [9.17, 15) is 0 Å². The van der Waals surface area contributed by atoms with Crippen molar-refractivity contribution in [1.82, 2.24) is 9.55 Å². The maximum absolute atomic E-state index is 8.80. The fourth-order valence-electron chi connectivity index (χ4n) is 1.46. The molecular formula is C12H11BrN4. The summed E-state index contributed by atoms with van der Waals surface area (Å²) in [5, 5.41) is 12.1. The number of nitrogens with one attached hydrogen (secondary N) is 1. The van der Waals surface area contributed by atoms with E-state index in [1.165, 1.54) is 0 Å². The summed E-state index contributed by atoms with van der Waals surface area (Å²) in [7, 11) is 0. The smallest absolute Gasteiger partial charge is 0.100 e. The van der Waals surface area contributed by atoms with Crippen molar-refractivity contribution >= 4 is 21.6 Å². The second-order valence-corrected chi connectivity index (χ2v) is 4.39. The molecule has 2 aromatic rings. The van der Waals surface area contributed by atoms with Gasteiger partial charge in [0.1, 0.15) is 6.07 Å². The van der Waals surface area contributed by atoms with E-state index in [-0.39, 0.29) is 0 Å². The van der Waals surface area contributed by atoms with Crippen LogP contribution in [-0.2, 0) is 6.54 Å². The summed E-state index contributed by atoms with van der Waals surface area (Å²) in [6, 6.07) is 7.72. The molecule has 86 valence electrons. The minimum atomic E-state index is 0.644. The van der Waals surface area contributed by atoms with E-state index >= 15 is 0 Å². The van der Waals surface area contributed by atoms with Gasteiger partial charge in [0.05, 0.1) is 11.9 Å². The van der Waals surface area contributed by atoms with Gasteiger partial charge in [0.25, 0.3) is 0 Å². The van der Waals surface area contributed by atoms with E-state index < -0.39 is 0 Å². The first-order valence-corrected chi connectivity index (χ1v) is 5.98. The molecule has 2 rings (SSSR count). The number of aromatic nitrogens is 2. The molecule has 1 N–H and O–H groups in total. The predicted molar refractivity (Wildman–Crippen MR) is 69.6 cm³/mol. The summed E-state index contributed by atoms with van der Waals surface area (Å²) < 4.78 is 2.82. The third-order valence-corrected chi connectivity index (χ3v) is 3.00. The number of nitriles is 1. The van der Waals surface area contributed by atoms with Crippen LogP contribution in [0.3, 0.4) is 0 Å². The monoisotopic (exact) mass is 290 g/mol. The third kappa shape index (κ3) is 3.08. The Morgan fingerprint density at radius 3 is 3.00 bits per heavy atom. The average Bonchev–Trinajstić information content (AvgIpc) is 2.82. The Morgan fingerprint density at radius 2 is 2.35 bits per heavy atom. The lowest BCUT2D eigenvalue weighted by Crippen LogP contribution is -2.09. The average molecular weight is 291 g/mol. The Morgan fingerprint density at radius 1 is 1.47 bits per heavy atom. The molecule has 0 spiro atoms. The maximum Gasteiger partial charge on any atom is 0.100 e. The van der Waals surface area contributed by atoms with E-state index in [1.807, 2.05) is 22.9 Å². The molecule has 5 heteroatoms. The van der Waals surface area contributed by atoms with Crippen molar-refractivity contribution in [3.05, 3.63) is 47.0 Å². The Balaban J connectivity index is 1.91. The summed E-state index contributed by atoms with van der Waals surface area (Å²) in [6.07, 6.45) is 5.48. The van der Waals surface area contributed by atoms with E-state index in [1.54, 1.807) is 18.6 Å². The summed E-state index contributed by atoms with van der Waals surface area (Å²) in [5.74, 6) is 0. The second kappa shape index (κ2) is 5.51. The van der Waals surface area contributed by atoms with Crippen molar-refractivity contribution in [1.29, 1.82) is 5.26 Å². The molecule has 1 aromatic heterocycles. The second-order valence-electron chi connectivity index (χ2n) is 3.53. The summed E-state index contributed by atoms with van der Waals surface area (Å²) >= 11 is 3.36. The number of imidazole rings is 1. The van der Waals surface area contributed by atoms with Crippen LogP contribution in [0.4, 0.5) is 5.69 Å². The Kier molecular flexibility index (Phi) is 3.78. The fraction of sp³-hybridized carbons (Fsp3) is 0.167. The number of anilines is 1. The van der Waals surface area contributed by atoms with E-state index in [0.29, 0.717) is 5.56 Å². The third-order valence-electron chi connectivity index (χ3n) is 2.35. The van der Waals surface area contributed by atoms with Gasteiger partial charge in [-0.05, 0) is 34.1 Å². The summed E-state index contributed by atoms with van der Waals surface area (Å²) in [5.41, 5.74) is 1.64. The van der Waals surface area contributed by atoms with Crippen molar-refractivity contribution in [3.8, 4) is 6.07 Å². The van der Waals surface area contributed by atoms with Gasteiger partial charge >= 0.3 is 0 Å². The highest BCUT2D eigenvalue weighted by molar-refractivity contribution is 9.10. The van der Waals surface area contributed by atoms with Crippen LogP contribution in [-0.4, -0.2) is 16.1 Å². The standard InChI is InChI=1S/C12H11BrN4/c13-12-7-11(2-1-10(12)8-14)16-4-6-17-5-3-15-9-17/h1-3,5,7,9,16H,4,6H2. The lowest BCUT2D eigenvalue weighted by molar-refractivity contribution is 0.727. The van der Waals surface area contributed by atoms with Crippen molar-refractivity contribution < 1.29 is 0 Å². The Bertz CT molecular complexity index is 528. The maximum atomic E-state index is 8.80. The Labute approximate surface area is 108 Å². The molecule has 0 amide bonds. The first kappa shape index (κ1) is 11.7. The quantitative estimate of drug-likeness (QED) is 0.942. The zero-order valence-electron chi connectivity index (χ0n) is 9.10. The van der Waals surface area contributed by atoms with E-state index in [0.717, 1.165) is 23.2 Å². The molecule has 0 aliphatic heterocycles. The molecule has 0 bridgehead atoms. The molecule has 0 atom stereocenters. The highest BCUT2D eigenvalue weighted by atomic mass is 79.9. The minimum absolute atomic E-state index is 0.644. The molecule has 0 saturated heterocycles. The molecule has 4 nitrogen and oxygen atoms in total. The van der Waals surface area contributed by atoms with Crippen LogP contribution in [0.15, 0.2) is 41.4 Å². The van der Waals surface area contributed by atoms with Crippen molar-refractivity contribution in [2.75, 3.05) is 11.9 Å². The Hall–Kier alpha value is -1.80. The number of nitrogens with zero attached hydrogens (tertiary/aromatic N) is 3. The van der Waals surface area contributed by atoms with E-state index in [2.05, 4.69) is 32.3 Å². The largest absolute Gasteiger partial charge is 0.383 e. The van der Waals surface area contributed by atoms with Crippen LogP contribution < -0.4 is 5.32 Å². The van der Waals surface area contributed by atoms with Crippen molar-refractivity contribution in [2.24, 2.45) is 0 Å². The molecule has 0 radical (unpaired) electrons. The summed E-state index contributed by atoms with van der Waals surface area (Å²) in [4.78, 5) is 3.98. The van der Waals surface area contributed by atoms with Gasteiger partial charge in [-0.15, -0.1) is 0 Å². The van der Waals surface area contributed by atoms with Gasteiger partial charge in [0.2, 0.25) is 0 Å². The topological polar surface area (TPSA) is 53.6 Å². The minimum Gasteiger partial charge on any atom is -0.383 e. The van der Waals surface area contributed by atoms with Crippen LogP contribution in [0.5, 0.6) is 0 Å². The lowest BCUT2D eigenvalue weighted by atomic mass is 10.2. The molecule has 0 aliphatic rings. The normalized spacial score (nSPS) is 9.88. The van der Waals surface area contributed by atoms with Crippen LogP contribution in [0.1, 0.15) is 5.56 Å². The van der Waals surface area contributed by atoms with Gasteiger partial charge in [-0.1, -0.05) is 0 Å². The zero-order valence-corrected chi connectivity index (χ0v) is 10.7. The SMILES string of the molecule is N#Cc1ccc(NCCn2ccnc2)cc1Br. The summed E-state index contributed by atoms with van der Waals surface area (Å²) in [6.45, 7) is 1.67. The highest BCUT2D eigenvalue weighted by Gasteiger charge is 1.99. The highest BCUT2D eigenvalue weighted by Crippen LogP contribution is 2.20. The molecule has 0 fully saturated rings. The van der Waals surface area contributed by atoms with E-state index in [4.69, 9.17) is 5.26 Å². The fourth-order valence-corrected chi connectivity index (χ4v) is 1.93. The molecule has 17 heavy (non-hydrogen) atoms. The van der Waals surface area contributed by atoms with Crippen LogP contribution in [0.2, 0.25) is 0 Å². The van der Waals surface area contributed by atoms with Gasteiger partial charge in [-0.2, -0.15) is 5.26 Å². The van der Waals surface area contributed by atoms with Crippen LogP contribution >= 0.6 is 15.9 Å². The van der Waals surface area contributed by atoms with Crippen molar-refractivity contribution in [3.63, 3.8) is 0 Å². The van der Waals surface area contributed by atoms with Gasteiger partial charge in [0.15, 0.2) is 0 Å². The van der Waals surface area contributed by atoms with Crippen LogP contribution in [0, 0.1) is 11.3 Å². The van der Waals surface area contributed by atoms with Crippen molar-refractivity contribution in [2.45, 2.75) is 6.54 Å². The first-order valence-electron chi connectivity index (χ1n) is 5.19. The molecular weight excluding hydrogens is 280 g/mol. The van der Waals surface area contributed by atoms with Gasteiger partial charge in [0, 0.05) is 35.6 Å². The number of rotatable bonds is 4. The number of hydrogen-bond acceptors (Lipinski definition) is 3. The number of hydrogen-bond donors (Lipinski definition) is 1. The van der Waals surface area contributed by atoms with Gasteiger partial charge in [-0.25, -0.2) is 4.98 Å². The molecule has 0 unspecified atom stereocenters. The number of halogens is 1.